The molecule has 0 saturated carbocycles. The van der Waals surface area contributed by atoms with Crippen LogP contribution in [0.2, 0.25) is 0 Å². The van der Waals surface area contributed by atoms with E-state index < -0.39 is 11.4 Å². The average Bonchev–Trinajstić information content (AvgIpc) is 2.24. The zero-order valence-corrected chi connectivity index (χ0v) is 10.4. The Labute approximate surface area is 92.9 Å². The van der Waals surface area contributed by atoms with Crippen molar-refractivity contribution in [3.63, 3.8) is 0 Å². The van der Waals surface area contributed by atoms with Crippen molar-refractivity contribution in [1.29, 1.82) is 0 Å². The van der Waals surface area contributed by atoms with Crippen LogP contribution < -0.4 is 0 Å². The lowest BCUT2D eigenvalue weighted by Gasteiger charge is -2.27. The zero-order chi connectivity index (χ0) is 11.9. The van der Waals surface area contributed by atoms with E-state index in [1.165, 1.54) is 7.11 Å². The number of ether oxygens (including phenoxy) is 1. The van der Waals surface area contributed by atoms with Crippen molar-refractivity contribution in [2.24, 2.45) is 5.10 Å². The molecule has 0 spiro atoms. The second-order valence-corrected chi connectivity index (χ2v) is 3.52. The SMILES string of the molecule is CC[N+](CC)(CC)N=C(OC)OS(=O)O. The van der Waals surface area contributed by atoms with E-state index in [-0.39, 0.29) is 6.08 Å². The fourth-order valence-corrected chi connectivity index (χ4v) is 1.43. The quantitative estimate of drug-likeness (QED) is 0.255. The van der Waals surface area contributed by atoms with Crippen LogP contribution in [0.15, 0.2) is 5.10 Å². The average molecular weight is 239 g/mol. The Morgan fingerprint density at radius 3 is 2.07 bits per heavy atom. The van der Waals surface area contributed by atoms with Gasteiger partial charge in [0.2, 0.25) is 0 Å². The Hall–Kier alpha value is -0.660. The summed E-state index contributed by atoms with van der Waals surface area (Å²) in [5, 5.41) is 4.18. The van der Waals surface area contributed by atoms with Crippen LogP contribution in [0.4, 0.5) is 0 Å². The van der Waals surface area contributed by atoms with Gasteiger partial charge in [-0.2, -0.15) is 8.80 Å². The number of nitrogens with zero attached hydrogens (tertiary/aromatic N) is 2. The van der Waals surface area contributed by atoms with Gasteiger partial charge in [0, 0.05) is 5.10 Å². The molecular weight excluding hydrogens is 220 g/mol. The first kappa shape index (κ1) is 14.3. The maximum absolute atomic E-state index is 10.4. The van der Waals surface area contributed by atoms with Crippen LogP contribution in [0.1, 0.15) is 20.8 Å². The molecule has 0 saturated heterocycles. The minimum atomic E-state index is -2.40. The Bertz CT molecular complexity index is 233. The largest absolute Gasteiger partial charge is 0.452 e. The Balaban J connectivity index is 4.82. The molecule has 1 unspecified atom stereocenters. The minimum absolute atomic E-state index is 0.165. The Morgan fingerprint density at radius 1 is 1.33 bits per heavy atom. The molecule has 0 aliphatic heterocycles. The summed E-state index contributed by atoms with van der Waals surface area (Å²) in [6.07, 6.45) is -0.165. The second-order valence-electron chi connectivity index (χ2n) is 2.91. The molecular formula is C8H19N2O4S+. The maximum atomic E-state index is 10.4. The lowest BCUT2D eigenvalue weighted by atomic mass is 10.4. The number of hydrogen-bond donors (Lipinski definition) is 1. The topological polar surface area (TPSA) is 68.1 Å². The van der Waals surface area contributed by atoms with Gasteiger partial charge in [0.15, 0.2) is 0 Å². The summed E-state index contributed by atoms with van der Waals surface area (Å²) in [6, 6.07) is 0. The summed E-state index contributed by atoms with van der Waals surface area (Å²) in [4.78, 5) is 0. The first-order valence-electron chi connectivity index (χ1n) is 4.83. The minimum Gasteiger partial charge on any atom is -0.450 e. The van der Waals surface area contributed by atoms with E-state index in [0.717, 1.165) is 19.6 Å². The van der Waals surface area contributed by atoms with Crippen LogP contribution in [-0.4, -0.2) is 46.2 Å². The van der Waals surface area contributed by atoms with Gasteiger partial charge in [-0.1, -0.05) is 0 Å². The van der Waals surface area contributed by atoms with Gasteiger partial charge >= 0.3 is 17.4 Å². The predicted molar refractivity (Wildman–Crippen MR) is 58.2 cm³/mol. The number of quaternary nitrogens is 1. The van der Waals surface area contributed by atoms with E-state index in [9.17, 15) is 4.21 Å². The van der Waals surface area contributed by atoms with Gasteiger partial charge < -0.3 is 8.92 Å². The van der Waals surface area contributed by atoms with Gasteiger partial charge in [-0.05, 0) is 20.8 Å². The fourth-order valence-electron chi connectivity index (χ4n) is 1.21. The van der Waals surface area contributed by atoms with E-state index in [1.807, 2.05) is 20.8 Å². The van der Waals surface area contributed by atoms with Gasteiger partial charge in [0.05, 0.1) is 7.11 Å². The maximum Gasteiger partial charge on any atom is 0.452 e. The first-order chi connectivity index (χ1) is 7.03. The molecule has 0 aromatic rings. The third-order valence-corrected chi connectivity index (χ3v) is 2.66. The molecule has 0 fully saturated rings. The molecule has 0 aromatic heterocycles. The van der Waals surface area contributed by atoms with Crippen LogP contribution in [0, 0.1) is 0 Å². The summed E-state index contributed by atoms with van der Waals surface area (Å²) < 4.78 is 28.7. The van der Waals surface area contributed by atoms with Gasteiger partial charge in [-0.25, -0.2) is 0 Å². The highest BCUT2D eigenvalue weighted by Gasteiger charge is 2.24. The summed E-state index contributed by atoms with van der Waals surface area (Å²) in [6.45, 7) is 8.25. The molecule has 0 bridgehead atoms. The number of rotatable bonds is 5. The van der Waals surface area contributed by atoms with Crippen LogP contribution in [-0.2, 0) is 20.3 Å². The highest BCUT2D eigenvalue weighted by molar-refractivity contribution is 7.74. The molecule has 1 atom stereocenters. The summed E-state index contributed by atoms with van der Waals surface area (Å²) in [7, 11) is 1.35. The molecule has 7 heteroatoms. The lowest BCUT2D eigenvalue weighted by molar-refractivity contribution is -0.930. The smallest absolute Gasteiger partial charge is 0.450 e. The predicted octanol–water partition coefficient (Wildman–Crippen LogP) is 0.934. The van der Waals surface area contributed by atoms with Crippen molar-refractivity contribution in [3.8, 4) is 0 Å². The molecule has 15 heavy (non-hydrogen) atoms. The molecule has 0 aromatic carbocycles. The van der Waals surface area contributed by atoms with E-state index in [1.54, 1.807) is 0 Å². The van der Waals surface area contributed by atoms with Crippen molar-refractivity contribution in [2.45, 2.75) is 20.8 Å². The second kappa shape index (κ2) is 6.76. The van der Waals surface area contributed by atoms with Gasteiger partial charge in [0.25, 0.3) is 0 Å². The molecule has 0 heterocycles. The molecule has 1 N–H and O–H groups in total. The van der Waals surface area contributed by atoms with Crippen LogP contribution in [0.3, 0.4) is 0 Å². The van der Waals surface area contributed by atoms with Crippen LogP contribution in [0.25, 0.3) is 0 Å². The van der Waals surface area contributed by atoms with E-state index in [4.69, 9.17) is 9.29 Å². The van der Waals surface area contributed by atoms with Crippen molar-refractivity contribution in [3.05, 3.63) is 0 Å². The van der Waals surface area contributed by atoms with Crippen LogP contribution in [0.5, 0.6) is 0 Å². The van der Waals surface area contributed by atoms with Crippen molar-refractivity contribution >= 4 is 17.4 Å². The third kappa shape index (κ3) is 4.59. The first-order valence-corrected chi connectivity index (χ1v) is 5.86. The molecule has 0 rings (SSSR count). The van der Waals surface area contributed by atoms with Crippen molar-refractivity contribution in [2.75, 3.05) is 26.7 Å². The number of hydrogen-bond acceptors (Lipinski definition) is 4. The fraction of sp³-hybridized carbons (Fsp3) is 0.875. The molecule has 0 radical (unpaired) electrons. The van der Waals surface area contributed by atoms with Gasteiger partial charge in [0.1, 0.15) is 19.6 Å². The summed E-state index contributed by atoms with van der Waals surface area (Å²) in [5.74, 6) is 0. The number of methoxy groups -OCH3 is 1. The van der Waals surface area contributed by atoms with Gasteiger partial charge in [-0.15, -0.1) is 0 Å². The zero-order valence-electron chi connectivity index (χ0n) is 9.60. The molecule has 0 aliphatic carbocycles. The monoisotopic (exact) mass is 239 g/mol. The highest BCUT2D eigenvalue weighted by atomic mass is 32.2. The summed E-state index contributed by atoms with van der Waals surface area (Å²) in [5.41, 5.74) is 0. The van der Waals surface area contributed by atoms with Crippen LogP contribution >= 0.6 is 0 Å². The molecule has 6 nitrogen and oxygen atoms in total. The van der Waals surface area contributed by atoms with Crippen molar-refractivity contribution < 1.29 is 22.3 Å². The normalized spacial score (nSPS) is 14.9. The third-order valence-electron chi connectivity index (χ3n) is 2.38. The molecule has 90 valence electrons. The highest BCUT2D eigenvalue weighted by Crippen LogP contribution is 2.08. The Morgan fingerprint density at radius 2 is 1.80 bits per heavy atom. The van der Waals surface area contributed by atoms with E-state index in [2.05, 4.69) is 9.28 Å². The van der Waals surface area contributed by atoms with E-state index in [0.29, 0.717) is 4.59 Å². The molecule has 0 aliphatic rings. The van der Waals surface area contributed by atoms with Crippen molar-refractivity contribution in [1.82, 2.24) is 0 Å². The van der Waals surface area contributed by atoms with Gasteiger partial charge in [-0.3, -0.25) is 4.55 Å². The molecule has 0 amide bonds. The summed E-state index contributed by atoms with van der Waals surface area (Å²) >= 11 is -2.40. The standard InChI is InChI=1S/C8H18N2O4S/c1-5-10(6-2,7-3)9-8(13-4)14-15(11)12/h5-7H2,1-4H3/p+1. The Kier molecular flexibility index (Phi) is 6.46. The van der Waals surface area contributed by atoms with E-state index >= 15 is 0 Å². The lowest BCUT2D eigenvalue weighted by Crippen LogP contribution is -2.43.